The van der Waals surface area contributed by atoms with Crippen LogP contribution >= 0.6 is 8.03 Å². The molecule has 0 bridgehead atoms. The van der Waals surface area contributed by atoms with Crippen LogP contribution in [0.4, 0.5) is 0 Å². The molecule has 0 aromatic heterocycles. The average molecular weight is 148 g/mol. The van der Waals surface area contributed by atoms with Gasteiger partial charge in [0.1, 0.15) is 0 Å². The summed E-state index contributed by atoms with van der Waals surface area (Å²) in [6, 6.07) is 0. The van der Waals surface area contributed by atoms with Gasteiger partial charge in [0.05, 0.1) is 6.61 Å². The summed E-state index contributed by atoms with van der Waals surface area (Å²) in [7, 11) is -1.91. The summed E-state index contributed by atoms with van der Waals surface area (Å²) in [6.07, 6.45) is 0.748. The largest absolute Gasteiger partial charge is 0.328 e. The lowest BCUT2D eigenvalue weighted by molar-refractivity contribution is 0.354. The van der Waals surface area contributed by atoms with Crippen LogP contribution in [-0.4, -0.2) is 6.61 Å². The standard InChI is InChI=1S/C6H13O2P/c1-4-6(3)9(7)8-5-2/h9H,3-5H2,1-2H3. The summed E-state index contributed by atoms with van der Waals surface area (Å²) in [5.41, 5.74) is 0. The zero-order valence-electron chi connectivity index (χ0n) is 5.94. The lowest BCUT2D eigenvalue weighted by Crippen LogP contribution is -1.78. The van der Waals surface area contributed by atoms with E-state index in [2.05, 4.69) is 6.58 Å². The van der Waals surface area contributed by atoms with Crippen LogP contribution in [0.3, 0.4) is 0 Å². The Bertz CT molecular complexity index is 120. The third kappa shape index (κ3) is 3.50. The van der Waals surface area contributed by atoms with Gasteiger partial charge in [0.15, 0.2) is 0 Å². The molecule has 1 atom stereocenters. The molecule has 3 heteroatoms. The first-order chi connectivity index (χ1) is 4.22. The van der Waals surface area contributed by atoms with E-state index in [4.69, 9.17) is 4.52 Å². The predicted octanol–water partition coefficient (Wildman–Crippen LogP) is 2.42. The van der Waals surface area contributed by atoms with Gasteiger partial charge in [-0.2, -0.15) is 0 Å². The van der Waals surface area contributed by atoms with Gasteiger partial charge in [0.25, 0.3) is 0 Å². The fraction of sp³-hybridized carbons (Fsp3) is 0.667. The monoisotopic (exact) mass is 148 g/mol. The Morgan fingerprint density at radius 1 is 1.67 bits per heavy atom. The smallest absolute Gasteiger partial charge is 0.216 e. The van der Waals surface area contributed by atoms with Crippen LogP contribution in [0, 0.1) is 0 Å². The van der Waals surface area contributed by atoms with Gasteiger partial charge < -0.3 is 4.52 Å². The zero-order chi connectivity index (χ0) is 7.28. The third-order valence-corrected chi connectivity index (χ3v) is 2.47. The van der Waals surface area contributed by atoms with Crippen LogP contribution in [-0.2, 0) is 9.09 Å². The minimum absolute atomic E-state index is 0.511. The molecule has 0 spiro atoms. The van der Waals surface area contributed by atoms with Crippen LogP contribution in [0.1, 0.15) is 20.3 Å². The topological polar surface area (TPSA) is 26.3 Å². The SMILES string of the molecule is C=C(CC)[PH](=O)OCC. The highest BCUT2D eigenvalue weighted by molar-refractivity contribution is 7.44. The normalized spacial score (nSPS) is 13.1. The van der Waals surface area contributed by atoms with E-state index in [1.54, 1.807) is 0 Å². The van der Waals surface area contributed by atoms with Gasteiger partial charge in [0, 0.05) is 5.31 Å². The maximum atomic E-state index is 10.8. The number of hydrogen-bond donors (Lipinski definition) is 0. The Morgan fingerprint density at radius 3 is 2.56 bits per heavy atom. The van der Waals surface area contributed by atoms with Crippen molar-refractivity contribution in [3.05, 3.63) is 11.9 Å². The predicted molar refractivity (Wildman–Crippen MR) is 40.1 cm³/mol. The van der Waals surface area contributed by atoms with Crippen molar-refractivity contribution in [3.63, 3.8) is 0 Å². The van der Waals surface area contributed by atoms with Crippen LogP contribution in [0.15, 0.2) is 11.9 Å². The molecule has 0 saturated carbocycles. The molecular weight excluding hydrogens is 135 g/mol. The minimum Gasteiger partial charge on any atom is -0.328 e. The Hall–Kier alpha value is -0.0700. The van der Waals surface area contributed by atoms with Crippen molar-refractivity contribution in [2.24, 2.45) is 0 Å². The van der Waals surface area contributed by atoms with Crippen LogP contribution in [0.5, 0.6) is 0 Å². The maximum absolute atomic E-state index is 10.8. The molecule has 0 fully saturated rings. The second-order valence-corrected chi connectivity index (χ2v) is 3.25. The second kappa shape index (κ2) is 4.78. The van der Waals surface area contributed by atoms with Crippen molar-refractivity contribution >= 4 is 8.03 Å². The van der Waals surface area contributed by atoms with Crippen LogP contribution < -0.4 is 0 Å². The molecule has 0 saturated heterocycles. The first-order valence-electron chi connectivity index (χ1n) is 3.07. The van der Waals surface area contributed by atoms with Crippen molar-refractivity contribution in [2.45, 2.75) is 20.3 Å². The molecule has 0 aliphatic rings. The van der Waals surface area contributed by atoms with E-state index in [-0.39, 0.29) is 0 Å². The van der Waals surface area contributed by atoms with Gasteiger partial charge in [-0.15, -0.1) is 0 Å². The highest BCUT2D eigenvalue weighted by atomic mass is 31.1. The van der Waals surface area contributed by atoms with E-state index in [9.17, 15) is 4.57 Å². The second-order valence-electron chi connectivity index (χ2n) is 1.68. The lowest BCUT2D eigenvalue weighted by atomic mass is 10.5. The van der Waals surface area contributed by atoms with Gasteiger partial charge in [0.2, 0.25) is 8.03 Å². The first kappa shape index (κ1) is 8.93. The Kier molecular flexibility index (Phi) is 4.74. The summed E-state index contributed by atoms with van der Waals surface area (Å²) < 4.78 is 15.7. The van der Waals surface area contributed by atoms with E-state index in [0.29, 0.717) is 6.61 Å². The molecule has 0 aromatic rings. The Morgan fingerprint density at radius 2 is 2.22 bits per heavy atom. The van der Waals surface area contributed by atoms with Crippen molar-refractivity contribution < 1.29 is 9.09 Å². The molecule has 0 aromatic carbocycles. The van der Waals surface area contributed by atoms with Crippen molar-refractivity contribution in [1.29, 1.82) is 0 Å². The average Bonchev–Trinajstić information content (AvgIpc) is 1.87. The van der Waals surface area contributed by atoms with Gasteiger partial charge in [-0.3, -0.25) is 4.57 Å². The van der Waals surface area contributed by atoms with Crippen molar-refractivity contribution in [1.82, 2.24) is 0 Å². The fourth-order valence-electron chi connectivity index (χ4n) is 0.377. The number of rotatable bonds is 4. The molecule has 0 N–H and O–H groups in total. The fourth-order valence-corrected chi connectivity index (χ4v) is 1.13. The molecule has 0 radical (unpaired) electrons. The summed E-state index contributed by atoms with van der Waals surface area (Å²) in [5, 5.41) is 0.724. The minimum atomic E-state index is -1.91. The lowest BCUT2D eigenvalue weighted by Gasteiger charge is -2.00. The molecule has 0 heterocycles. The molecular formula is C6H13O2P. The quantitative estimate of drug-likeness (QED) is 0.572. The maximum Gasteiger partial charge on any atom is 0.216 e. The molecule has 54 valence electrons. The van der Waals surface area contributed by atoms with Gasteiger partial charge in [-0.25, -0.2) is 0 Å². The summed E-state index contributed by atoms with van der Waals surface area (Å²) in [5.74, 6) is 0. The molecule has 0 rings (SSSR count). The molecule has 0 amide bonds. The summed E-state index contributed by atoms with van der Waals surface area (Å²) in [6.45, 7) is 7.86. The highest BCUT2D eigenvalue weighted by Gasteiger charge is 1.99. The molecule has 0 aliphatic heterocycles. The van der Waals surface area contributed by atoms with Gasteiger partial charge in [-0.05, 0) is 13.3 Å². The highest BCUT2D eigenvalue weighted by Crippen LogP contribution is 2.33. The van der Waals surface area contributed by atoms with Gasteiger partial charge in [-0.1, -0.05) is 13.5 Å². The number of hydrogen-bond acceptors (Lipinski definition) is 2. The van der Waals surface area contributed by atoms with Crippen molar-refractivity contribution in [2.75, 3.05) is 6.61 Å². The molecule has 1 unspecified atom stereocenters. The van der Waals surface area contributed by atoms with E-state index >= 15 is 0 Å². The van der Waals surface area contributed by atoms with Crippen LogP contribution in [0.25, 0.3) is 0 Å². The van der Waals surface area contributed by atoms with E-state index in [0.717, 1.165) is 11.7 Å². The van der Waals surface area contributed by atoms with E-state index in [1.807, 2.05) is 13.8 Å². The summed E-state index contributed by atoms with van der Waals surface area (Å²) in [4.78, 5) is 0. The molecule has 9 heavy (non-hydrogen) atoms. The van der Waals surface area contributed by atoms with Crippen molar-refractivity contribution in [3.8, 4) is 0 Å². The number of allylic oxidation sites excluding steroid dienone is 1. The Labute approximate surface area is 56.8 Å². The Balaban J connectivity index is 3.60. The first-order valence-corrected chi connectivity index (χ1v) is 4.38. The van der Waals surface area contributed by atoms with Crippen LogP contribution in [0.2, 0.25) is 0 Å². The van der Waals surface area contributed by atoms with E-state index < -0.39 is 8.03 Å². The van der Waals surface area contributed by atoms with Gasteiger partial charge >= 0.3 is 0 Å². The molecule has 0 aliphatic carbocycles. The zero-order valence-corrected chi connectivity index (χ0v) is 6.94. The van der Waals surface area contributed by atoms with E-state index in [1.165, 1.54) is 0 Å². The summed E-state index contributed by atoms with van der Waals surface area (Å²) >= 11 is 0. The third-order valence-electron chi connectivity index (χ3n) is 0.991. The molecule has 2 nitrogen and oxygen atoms in total.